The van der Waals surface area contributed by atoms with Gasteiger partial charge in [0.05, 0.1) is 58.1 Å². The summed E-state index contributed by atoms with van der Waals surface area (Å²) in [7, 11) is 0. The second kappa shape index (κ2) is 21.0. The molecular formula is C53H64N12O5S. The van der Waals surface area contributed by atoms with Crippen molar-refractivity contribution in [2.75, 3.05) is 56.5 Å². The molecule has 3 atom stereocenters. The van der Waals surface area contributed by atoms with Crippen LogP contribution in [0.5, 0.6) is 5.75 Å². The maximum atomic E-state index is 14.3. The van der Waals surface area contributed by atoms with Crippen molar-refractivity contribution in [2.45, 2.75) is 96.9 Å². The van der Waals surface area contributed by atoms with Crippen LogP contribution >= 0.6 is 11.3 Å². The summed E-state index contributed by atoms with van der Waals surface area (Å²) < 4.78 is 16.1. The molecule has 0 aliphatic carbocycles. The molecule has 0 radical (unpaired) electrons. The number of imidazole rings is 2. The van der Waals surface area contributed by atoms with Crippen LogP contribution in [0.1, 0.15) is 88.3 Å². The zero-order valence-corrected chi connectivity index (χ0v) is 41.8. The van der Waals surface area contributed by atoms with Crippen LogP contribution in [0.4, 0.5) is 11.6 Å². The Balaban J connectivity index is 0.655. The quantitative estimate of drug-likeness (QED) is 0.0844. The lowest BCUT2D eigenvalue weighted by molar-refractivity contribution is -0.141. The predicted molar refractivity (Wildman–Crippen MR) is 274 cm³/mol. The molecule has 71 heavy (non-hydrogen) atoms. The summed E-state index contributed by atoms with van der Waals surface area (Å²) in [6.07, 6.45) is 13.2. The highest BCUT2D eigenvalue weighted by Crippen LogP contribution is 2.35. The number of anilines is 2. The van der Waals surface area contributed by atoms with E-state index in [1.54, 1.807) is 39.1 Å². The van der Waals surface area contributed by atoms with Crippen molar-refractivity contribution in [1.29, 1.82) is 0 Å². The lowest BCUT2D eigenvalue weighted by Gasteiger charge is -2.37. The zero-order valence-electron chi connectivity index (χ0n) is 41.0. The van der Waals surface area contributed by atoms with E-state index in [2.05, 4.69) is 64.5 Å². The number of hydrogen-bond acceptors (Lipinski definition) is 14. The van der Waals surface area contributed by atoms with E-state index in [0.717, 1.165) is 92.3 Å². The molecular weight excluding hydrogens is 917 g/mol. The number of aromatic nitrogens is 7. The maximum absolute atomic E-state index is 14.3. The number of benzene rings is 2. The fraction of sp³-hybridized carbons (Fsp3) is 0.453. The summed E-state index contributed by atoms with van der Waals surface area (Å²) >= 11 is 1.62. The molecule has 5 aromatic heterocycles. The van der Waals surface area contributed by atoms with Crippen molar-refractivity contribution < 1.29 is 24.0 Å². The van der Waals surface area contributed by atoms with Gasteiger partial charge in [0.1, 0.15) is 23.5 Å². The first-order valence-electron chi connectivity index (χ1n) is 25.1. The van der Waals surface area contributed by atoms with Crippen molar-refractivity contribution in [1.82, 2.24) is 49.2 Å². The Morgan fingerprint density at radius 2 is 1.70 bits per heavy atom. The van der Waals surface area contributed by atoms with E-state index >= 15 is 0 Å². The molecule has 0 saturated carbocycles. The smallest absolute Gasteiger partial charge is 0.243 e. The highest BCUT2D eigenvalue weighted by Gasteiger charge is 2.41. The molecule has 3 unspecified atom stereocenters. The van der Waals surface area contributed by atoms with Gasteiger partial charge in [-0.25, -0.2) is 15.0 Å². The number of phenols is 1. The number of thiazole rings is 1. The van der Waals surface area contributed by atoms with Gasteiger partial charge in [0.25, 0.3) is 0 Å². The van der Waals surface area contributed by atoms with E-state index in [1.807, 2.05) is 74.6 Å². The van der Waals surface area contributed by atoms with Gasteiger partial charge in [0.2, 0.25) is 17.6 Å². The highest BCUT2D eigenvalue weighted by atomic mass is 32.1. The van der Waals surface area contributed by atoms with Gasteiger partial charge in [-0.1, -0.05) is 55.4 Å². The summed E-state index contributed by atoms with van der Waals surface area (Å²) in [5, 5.41) is 18.0. The van der Waals surface area contributed by atoms with Gasteiger partial charge in [-0.15, -0.1) is 11.3 Å². The molecule has 7 aromatic rings. The van der Waals surface area contributed by atoms with Gasteiger partial charge in [-0.2, -0.15) is 4.98 Å². The number of ether oxygens (including phenoxy) is 1. The second-order valence-electron chi connectivity index (χ2n) is 19.8. The molecule has 4 N–H and O–H groups in total. The Morgan fingerprint density at radius 1 is 0.915 bits per heavy atom. The third-order valence-electron chi connectivity index (χ3n) is 14.6. The average Bonchev–Trinajstić information content (AvgIpc) is 4.24. The lowest BCUT2D eigenvalue weighted by Crippen LogP contribution is -2.48. The minimum atomic E-state index is -0.533. The number of carbonyl (C=O) groups is 2. The van der Waals surface area contributed by atoms with Gasteiger partial charge in [0.15, 0.2) is 11.6 Å². The topological polar surface area (TPSA) is 198 Å². The van der Waals surface area contributed by atoms with Crippen LogP contribution < -0.4 is 16.0 Å². The van der Waals surface area contributed by atoms with Crippen molar-refractivity contribution >= 4 is 40.6 Å². The predicted octanol–water partition coefficient (Wildman–Crippen LogP) is 7.97. The Morgan fingerprint density at radius 3 is 2.45 bits per heavy atom. The third kappa shape index (κ3) is 10.6. The van der Waals surface area contributed by atoms with Gasteiger partial charge in [0, 0.05) is 76.0 Å². The monoisotopic (exact) mass is 980 g/mol. The molecule has 3 fully saturated rings. The molecule has 0 spiro atoms. The standard InChI is InChI=1S/C53H64N12O5S/c1-33(2)48(52(68)65-19-7-9-44(65)51(67)57-34(3)37-11-13-38(14-12-37)49-35(4)56-32-71-49)46-26-47(60-70-46)63-22-15-36(16-23-63)27-61-20-17-39(18-21-61)69-25-24-62-29-42(55-31-62)41-28-64-30-43(58-53(64)59-50(41)54)40-8-5-6-10-45(40)66/h5-6,8,10-14,26,28-34,36,39,44,48,66H,7,9,15-25,27H2,1-4H3,(H,57,67)(H2,54,58,59). The molecule has 18 heteroatoms. The average molecular weight is 981 g/mol. The van der Waals surface area contributed by atoms with Crippen LogP contribution in [-0.2, 0) is 20.9 Å². The number of aromatic hydroxyl groups is 1. The fourth-order valence-electron chi connectivity index (χ4n) is 10.6. The van der Waals surface area contributed by atoms with Gasteiger partial charge in [-0.3, -0.25) is 14.0 Å². The van der Waals surface area contributed by atoms with Crippen LogP contribution in [0, 0.1) is 18.8 Å². The van der Waals surface area contributed by atoms with Crippen molar-refractivity contribution in [3.05, 3.63) is 102 Å². The van der Waals surface area contributed by atoms with E-state index in [9.17, 15) is 14.7 Å². The Bertz CT molecular complexity index is 2950. The first-order valence-corrected chi connectivity index (χ1v) is 26.0. The van der Waals surface area contributed by atoms with Crippen LogP contribution in [-0.4, -0.2) is 119 Å². The molecule has 372 valence electrons. The number of nitrogens with two attached hydrogens (primary N) is 1. The molecule has 17 nitrogen and oxygen atoms in total. The van der Waals surface area contributed by atoms with Crippen LogP contribution in [0.25, 0.3) is 38.7 Å². The van der Waals surface area contributed by atoms with E-state index in [-0.39, 0.29) is 35.6 Å². The van der Waals surface area contributed by atoms with Crippen LogP contribution in [0.2, 0.25) is 0 Å². The summed E-state index contributed by atoms with van der Waals surface area (Å²) in [6.45, 7) is 14.8. The van der Waals surface area contributed by atoms with Crippen molar-refractivity contribution in [3.8, 4) is 38.7 Å². The molecule has 10 rings (SSSR count). The number of aryl methyl sites for hydroxylation is 1. The van der Waals surface area contributed by atoms with Crippen molar-refractivity contribution in [2.24, 2.45) is 11.8 Å². The summed E-state index contributed by atoms with van der Waals surface area (Å²) in [6, 6.07) is 16.6. The molecule has 3 aliphatic heterocycles. The normalized spacial score (nSPS) is 18.2. The number of rotatable bonds is 16. The number of piperidine rings is 2. The lowest BCUT2D eigenvalue weighted by atomic mass is 9.91. The van der Waals surface area contributed by atoms with E-state index in [1.165, 1.54) is 0 Å². The Kier molecular flexibility index (Phi) is 14.2. The number of carbonyl (C=O) groups excluding carboxylic acids is 2. The summed E-state index contributed by atoms with van der Waals surface area (Å²) in [5.74, 6) is 2.09. The number of fused-ring (bicyclic) bond motifs is 1. The number of nitrogens with zero attached hydrogens (tertiary/aromatic N) is 10. The minimum absolute atomic E-state index is 0.0413. The molecule has 8 heterocycles. The first-order chi connectivity index (χ1) is 34.4. The minimum Gasteiger partial charge on any atom is -0.507 e. The number of nitrogens with one attached hydrogen (secondary N) is 1. The van der Waals surface area contributed by atoms with E-state index in [4.69, 9.17) is 15.0 Å². The zero-order chi connectivity index (χ0) is 49.2. The first kappa shape index (κ1) is 48.0. The molecule has 2 amide bonds. The number of nitrogen functional groups attached to an aromatic ring is 1. The molecule has 0 bridgehead atoms. The maximum Gasteiger partial charge on any atom is 0.243 e. The molecule has 2 aromatic carbocycles. The van der Waals surface area contributed by atoms with Gasteiger partial charge < -0.3 is 44.7 Å². The van der Waals surface area contributed by atoms with E-state index in [0.29, 0.717) is 71.9 Å². The number of phenolic OH excluding ortho intramolecular Hbond substituents is 1. The molecule has 3 aliphatic rings. The SMILES string of the molecule is Cc1ncsc1-c1ccc(C(C)NC(=O)C2CCCN2C(=O)C(c2cc(N3CCC(CN4CCC(OCCn5cnc(-c6cn7cc(-c8ccccc8O)nc7nc6N)c5)CC4)CC3)no2)C(C)C)cc1. The highest BCUT2D eigenvalue weighted by molar-refractivity contribution is 7.13. The number of para-hydroxylation sites is 1. The number of hydrogen-bond donors (Lipinski definition) is 3. The second-order valence-corrected chi connectivity index (χ2v) is 20.7. The van der Waals surface area contributed by atoms with Gasteiger partial charge in [-0.05, 0) is 87.5 Å². The number of likely N-dealkylation sites (tertiary alicyclic amines) is 2. The summed E-state index contributed by atoms with van der Waals surface area (Å²) in [4.78, 5) is 53.9. The number of amides is 2. The van der Waals surface area contributed by atoms with Crippen molar-refractivity contribution in [3.63, 3.8) is 0 Å². The Hall–Kier alpha value is -6.63. The largest absolute Gasteiger partial charge is 0.507 e. The van der Waals surface area contributed by atoms with Gasteiger partial charge >= 0.3 is 0 Å². The van der Waals surface area contributed by atoms with E-state index < -0.39 is 12.0 Å². The third-order valence-corrected chi connectivity index (χ3v) is 15.6. The fourth-order valence-corrected chi connectivity index (χ4v) is 11.4. The Labute approximate surface area is 418 Å². The molecule has 3 saturated heterocycles. The van der Waals surface area contributed by atoms with Crippen LogP contribution in [0.15, 0.2) is 89.5 Å². The van der Waals surface area contributed by atoms with Crippen LogP contribution in [0.3, 0.4) is 0 Å². The summed E-state index contributed by atoms with van der Waals surface area (Å²) in [5.41, 5.74) is 14.0.